The average molecular weight is 234 g/mol. The number of rotatable bonds is 4. The van der Waals surface area contributed by atoms with Gasteiger partial charge in [0, 0.05) is 19.7 Å². The van der Waals surface area contributed by atoms with Gasteiger partial charge < -0.3 is 10.2 Å². The largest absolute Gasteiger partial charge is 0.370 e. The van der Waals surface area contributed by atoms with Gasteiger partial charge in [-0.2, -0.15) is 0 Å². The van der Waals surface area contributed by atoms with E-state index in [1.54, 1.807) is 17.7 Å². The van der Waals surface area contributed by atoms with E-state index in [9.17, 15) is 0 Å². The van der Waals surface area contributed by atoms with Crippen LogP contribution in [0.3, 0.4) is 0 Å². The van der Waals surface area contributed by atoms with Crippen LogP contribution in [-0.2, 0) is 0 Å². The predicted octanol–water partition coefficient (Wildman–Crippen LogP) is 2.74. The van der Waals surface area contributed by atoms with Crippen LogP contribution in [0.25, 0.3) is 0 Å². The van der Waals surface area contributed by atoms with E-state index in [2.05, 4.69) is 26.7 Å². The van der Waals surface area contributed by atoms with Crippen LogP contribution < -0.4 is 10.2 Å². The molecule has 5 heteroatoms. The molecule has 0 atom stereocenters. The molecule has 84 valence electrons. The summed E-state index contributed by atoms with van der Waals surface area (Å²) >= 11 is 1.69. The topological polar surface area (TPSA) is 41.0 Å². The summed E-state index contributed by atoms with van der Waals surface area (Å²) in [4.78, 5) is 10.5. The van der Waals surface area contributed by atoms with Crippen molar-refractivity contribution in [2.24, 2.45) is 0 Å². The molecule has 0 saturated heterocycles. The number of aromatic nitrogens is 2. The van der Waals surface area contributed by atoms with Crippen LogP contribution in [0, 0.1) is 0 Å². The highest BCUT2D eigenvalue weighted by Crippen LogP contribution is 2.26. The lowest BCUT2D eigenvalue weighted by molar-refractivity contribution is 1.07. The van der Waals surface area contributed by atoms with E-state index >= 15 is 0 Å². The van der Waals surface area contributed by atoms with Gasteiger partial charge in [0.05, 0.1) is 5.00 Å². The Labute approximate surface area is 99.0 Å². The van der Waals surface area contributed by atoms with Crippen LogP contribution in [0.15, 0.2) is 29.9 Å². The van der Waals surface area contributed by atoms with Gasteiger partial charge in [-0.05, 0) is 24.4 Å². The van der Waals surface area contributed by atoms with Crippen LogP contribution in [0.2, 0.25) is 0 Å². The van der Waals surface area contributed by atoms with Crippen LogP contribution in [0.4, 0.5) is 16.6 Å². The molecule has 2 aromatic rings. The Hall–Kier alpha value is -1.62. The third-order valence-electron chi connectivity index (χ3n) is 2.19. The first kappa shape index (κ1) is 10.9. The number of hydrogen-bond acceptors (Lipinski definition) is 5. The fraction of sp³-hybridized carbons (Fsp3) is 0.273. The van der Waals surface area contributed by atoms with Crippen molar-refractivity contribution in [1.82, 2.24) is 9.97 Å². The SMILES string of the molecule is CCNc1cc(N(C)c2cccs2)ncn1. The molecule has 2 heterocycles. The molecule has 0 spiro atoms. The smallest absolute Gasteiger partial charge is 0.138 e. The first-order chi connectivity index (χ1) is 7.81. The predicted molar refractivity (Wildman–Crippen MR) is 68.6 cm³/mol. The first-order valence-electron chi connectivity index (χ1n) is 5.14. The fourth-order valence-electron chi connectivity index (χ4n) is 1.38. The minimum Gasteiger partial charge on any atom is -0.370 e. The number of hydrogen-bond donors (Lipinski definition) is 1. The van der Waals surface area contributed by atoms with Gasteiger partial charge in [-0.1, -0.05) is 0 Å². The molecule has 0 radical (unpaired) electrons. The molecule has 2 rings (SSSR count). The highest BCUT2D eigenvalue weighted by Gasteiger charge is 2.06. The highest BCUT2D eigenvalue weighted by molar-refractivity contribution is 7.14. The van der Waals surface area contributed by atoms with Crippen LogP contribution in [0.1, 0.15) is 6.92 Å². The van der Waals surface area contributed by atoms with E-state index in [4.69, 9.17) is 0 Å². The van der Waals surface area contributed by atoms with Crippen molar-refractivity contribution in [3.05, 3.63) is 29.9 Å². The second-order valence-corrected chi connectivity index (χ2v) is 4.23. The molecule has 16 heavy (non-hydrogen) atoms. The van der Waals surface area contributed by atoms with Gasteiger partial charge in [-0.3, -0.25) is 0 Å². The molecule has 2 aromatic heterocycles. The Morgan fingerprint density at radius 2 is 2.31 bits per heavy atom. The normalized spacial score (nSPS) is 10.1. The summed E-state index contributed by atoms with van der Waals surface area (Å²) < 4.78 is 0. The third-order valence-corrected chi connectivity index (χ3v) is 3.14. The van der Waals surface area contributed by atoms with E-state index in [1.807, 2.05) is 31.0 Å². The van der Waals surface area contributed by atoms with Crippen molar-refractivity contribution in [2.75, 3.05) is 23.8 Å². The van der Waals surface area contributed by atoms with E-state index in [1.165, 1.54) is 5.00 Å². The number of anilines is 3. The van der Waals surface area contributed by atoms with E-state index < -0.39 is 0 Å². The van der Waals surface area contributed by atoms with Gasteiger partial charge in [0.2, 0.25) is 0 Å². The molecule has 0 saturated carbocycles. The maximum Gasteiger partial charge on any atom is 0.138 e. The lowest BCUT2D eigenvalue weighted by atomic mass is 10.4. The molecular weight excluding hydrogens is 220 g/mol. The highest BCUT2D eigenvalue weighted by atomic mass is 32.1. The summed E-state index contributed by atoms with van der Waals surface area (Å²) in [5.74, 6) is 1.75. The molecule has 0 aromatic carbocycles. The maximum atomic E-state index is 4.26. The molecule has 1 N–H and O–H groups in total. The van der Waals surface area contributed by atoms with E-state index in [0.29, 0.717) is 0 Å². The van der Waals surface area contributed by atoms with E-state index in [-0.39, 0.29) is 0 Å². The minimum absolute atomic E-state index is 0.857. The van der Waals surface area contributed by atoms with Gasteiger partial charge in [0.15, 0.2) is 0 Å². The summed E-state index contributed by atoms with van der Waals surface area (Å²) in [6.45, 7) is 2.91. The number of nitrogens with one attached hydrogen (secondary N) is 1. The Balaban J connectivity index is 2.23. The molecule has 0 unspecified atom stereocenters. The minimum atomic E-state index is 0.857. The molecule has 0 aliphatic carbocycles. The molecule has 0 amide bonds. The standard InChI is InChI=1S/C11H14N4S/c1-3-12-9-7-10(14-8-13-9)15(2)11-5-4-6-16-11/h4-8H,3H2,1-2H3,(H,12,13,14). The average Bonchev–Trinajstić information content (AvgIpc) is 2.82. The first-order valence-corrected chi connectivity index (χ1v) is 6.02. The van der Waals surface area contributed by atoms with Gasteiger partial charge in [-0.25, -0.2) is 9.97 Å². The van der Waals surface area contributed by atoms with E-state index in [0.717, 1.165) is 18.2 Å². The van der Waals surface area contributed by atoms with Crippen molar-refractivity contribution in [2.45, 2.75) is 6.92 Å². The van der Waals surface area contributed by atoms with Crippen LogP contribution in [-0.4, -0.2) is 23.6 Å². The third kappa shape index (κ3) is 2.30. The number of nitrogens with zero attached hydrogens (tertiary/aromatic N) is 3. The fourth-order valence-corrected chi connectivity index (χ4v) is 2.09. The van der Waals surface area contributed by atoms with Crippen molar-refractivity contribution >= 4 is 28.0 Å². The Morgan fingerprint density at radius 3 is 3.00 bits per heavy atom. The lowest BCUT2D eigenvalue weighted by Crippen LogP contribution is -2.10. The maximum absolute atomic E-state index is 4.26. The van der Waals surface area contributed by atoms with Gasteiger partial charge in [0.1, 0.15) is 18.0 Å². The quantitative estimate of drug-likeness (QED) is 0.883. The molecular formula is C11H14N4S. The Kier molecular flexibility index (Phi) is 3.36. The molecule has 0 aliphatic heterocycles. The summed E-state index contributed by atoms with van der Waals surface area (Å²) in [6, 6.07) is 6.05. The molecule has 4 nitrogen and oxygen atoms in total. The summed E-state index contributed by atoms with van der Waals surface area (Å²) in [6.07, 6.45) is 1.58. The zero-order valence-electron chi connectivity index (χ0n) is 9.34. The molecule has 0 fully saturated rings. The van der Waals surface area contributed by atoms with Crippen LogP contribution >= 0.6 is 11.3 Å². The van der Waals surface area contributed by atoms with Gasteiger partial charge in [0.25, 0.3) is 0 Å². The Morgan fingerprint density at radius 1 is 1.44 bits per heavy atom. The summed E-state index contributed by atoms with van der Waals surface area (Å²) in [5.41, 5.74) is 0. The second-order valence-electron chi connectivity index (χ2n) is 3.30. The van der Waals surface area contributed by atoms with Crippen molar-refractivity contribution in [3.63, 3.8) is 0 Å². The van der Waals surface area contributed by atoms with Crippen molar-refractivity contribution in [1.29, 1.82) is 0 Å². The van der Waals surface area contributed by atoms with Crippen molar-refractivity contribution < 1.29 is 0 Å². The van der Waals surface area contributed by atoms with Crippen molar-refractivity contribution in [3.8, 4) is 0 Å². The zero-order chi connectivity index (χ0) is 11.4. The summed E-state index contributed by atoms with van der Waals surface area (Å²) in [7, 11) is 2.00. The lowest BCUT2D eigenvalue weighted by Gasteiger charge is -2.16. The molecule has 0 bridgehead atoms. The number of thiophene rings is 1. The van der Waals surface area contributed by atoms with Gasteiger partial charge in [-0.15, -0.1) is 11.3 Å². The monoisotopic (exact) mass is 234 g/mol. The Bertz CT molecular complexity index is 441. The van der Waals surface area contributed by atoms with Gasteiger partial charge >= 0.3 is 0 Å². The molecule has 0 aliphatic rings. The zero-order valence-corrected chi connectivity index (χ0v) is 10.2. The second kappa shape index (κ2) is 4.94. The van der Waals surface area contributed by atoms with Crippen LogP contribution in [0.5, 0.6) is 0 Å². The summed E-state index contributed by atoms with van der Waals surface area (Å²) in [5, 5.41) is 6.40.